The number of ether oxygens (including phenoxy) is 1. The molecule has 1 aliphatic heterocycles. The molecule has 4 heteroatoms. The van der Waals surface area contributed by atoms with Gasteiger partial charge in [-0.05, 0) is 30.4 Å². The van der Waals surface area contributed by atoms with Gasteiger partial charge in [0, 0.05) is 36.1 Å². The van der Waals surface area contributed by atoms with Crippen molar-refractivity contribution in [2.75, 3.05) is 6.61 Å². The van der Waals surface area contributed by atoms with Crippen LogP contribution in [-0.2, 0) is 6.54 Å². The van der Waals surface area contributed by atoms with Crippen LogP contribution in [0.2, 0.25) is 0 Å². The Labute approximate surface area is 118 Å². The second kappa shape index (κ2) is 5.27. The van der Waals surface area contributed by atoms with Crippen molar-refractivity contribution in [2.45, 2.75) is 38.8 Å². The number of hydrogen-bond acceptors (Lipinski definition) is 3. The molecular formula is C16H19FN2O. The van der Waals surface area contributed by atoms with E-state index in [1.54, 1.807) is 0 Å². The van der Waals surface area contributed by atoms with Crippen LogP contribution in [0, 0.1) is 0 Å². The Morgan fingerprint density at radius 1 is 1.60 bits per heavy atom. The van der Waals surface area contributed by atoms with Crippen LogP contribution >= 0.6 is 0 Å². The largest absolute Gasteiger partial charge is 0.473 e. The standard InChI is InChI=1S/C16H19FN2O/c1-3-12(7-17)10-20-16-6-13-9-19(14-4-5-14)11(2)15(13)8-18-16/h6-8,14H,2-5,9-10H2,1H3/b12-7+. The number of rotatable bonds is 5. The van der Waals surface area contributed by atoms with E-state index in [0.29, 0.717) is 30.2 Å². The zero-order valence-corrected chi connectivity index (χ0v) is 11.7. The average Bonchev–Trinajstić information content (AvgIpc) is 3.25. The summed E-state index contributed by atoms with van der Waals surface area (Å²) in [7, 11) is 0. The molecule has 2 aliphatic rings. The van der Waals surface area contributed by atoms with E-state index >= 15 is 0 Å². The Kier molecular flexibility index (Phi) is 3.47. The van der Waals surface area contributed by atoms with Gasteiger partial charge in [0.1, 0.15) is 6.61 Å². The summed E-state index contributed by atoms with van der Waals surface area (Å²) in [5.41, 5.74) is 4.02. The molecule has 0 unspecified atom stereocenters. The number of aromatic nitrogens is 1. The molecule has 106 valence electrons. The van der Waals surface area contributed by atoms with Gasteiger partial charge >= 0.3 is 0 Å². The van der Waals surface area contributed by atoms with Gasteiger partial charge in [0.2, 0.25) is 5.88 Å². The van der Waals surface area contributed by atoms with Crippen LogP contribution in [-0.4, -0.2) is 22.5 Å². The van der Waals surface area contributed by atoms with E-state index in [1.807, 2.05) is 19.2 Å². The Balaban J connectivity index is 1.71. The van der Waals surface area contributed by atoms with Crippen LogP contribution < -0.4 is 4.74 Å². The summed E-state index contributed by atoms with van der Waals surface area (Å²) in [5.74, 6) is 0.557. The minimum atomic E-state index is 0.256. The summed E-state index contributed by atoms with van der Waals surface area (Å²) in [6.07, 6.45) is 5.59. The molecule has 20 heavy (non-hydrogen) atoms. The predicted octanol–water partition coefficient (Wildman–Crippen LogP) is 3.67. The first-order valence-electron chi connectivity index (χ1n) is 7.08. The molecule has 3 rings (SSSR count). The fourth-order valence-corrected chi connectivity index (χ4v) is 2.49. The molecule has 1 fully saturated rings. The van der Waals surface area contributed by atoms with Gasteiger partial charge in [-0.25, -0.2) is 9.37 Å². The lowest BCUT2D eigenvalue weighted by Gasteiger charge is -2.17. The highest BCUT2D eigenvalue weighted by Gasteiger charge is 2.35. The summed E-state index contributed by atoms with van der Waals surface area (Å²) in [5, 5.41) is 0. The van der Waals surface area contributed by atoms with Crippen molar-refractivity contribution < 1.29 is 9.13 Å². The molecule has 0 atom stereocenters. The zero-order valence-electron chi connectivity index (χ0n) is 11.7. The van der Waals surface area contributed by atoms with Crippen molar-refractivity contribution >= 4 is 5.70 Å². The Morgan fingerprint density at radius 3 is 3.05 bits per heavy atom. The molecule has 0 spiro atoms. The van der Waals surface area contributed by atoms with Gasteiger partial charge in [0.05, 0.1) is 6.33 Å². The monoisotopic (exact) mass is 274 g/mol. The van der Waals surface area contributed by atoms with Gasteiger partial charge < -0.3 is 9.64 Å². The van der Waals surface area contributed by atoms with E-state index in [2.05, 4.69) is 16.5 Å². The molecule has 1 aliphatic carbocycles. The number of nitrogens with zero attached hydrogens (tertiary/aromatic N) is 2. The van der Waals surface area contributed by atoms with E-state index in [-0.39, 0.29) is 6.61 Å². The summed E-state index contributed by atoms with van der Waals surface area (Å²) in [6.45, 7) is 7.20. The van der Waals surface area contributed by atoms with Crippen molar-refractivity contribution in [3.05, 3.63) is 41.9 Å². The Bertz CT molecular complexity index is 564. The maximum Gasteiger partial charge on any atom is 0.213 e. The molecule has 1 saturated carbocycles. The highest BCUT2D eigenvalue weighted by molar-refractivity contribution is 5.69. The first-order chi connectivity index (χ1) is 9.72. The Morgan fingerprint density at radius 2 is 2.40 bits per heavy atom. The van der Waals surface area contributed by atoms with Crippen LogP contribution in [0.25, 0.3) is 5.70 Å². The van der Waals surface area contributed by atoms with Crippen molar-refractivity contribution in [3.63, 3.8) is 0 Å². The molecule has 2 heterocycles. The molecule has 1 aromatic rings. The molecule has 1 aromatic heterocycles. The normalized spacial score (nSPS) is 18.4. The van der Waals surface area contributed by atoms with Crippen LogP contribution in [0.1, 0.15) is 37.3 Å². The van der Waals surface area contributed by atoms with Crippen molar-refractivity contribution in [1.82, 2.24) is 9.88 Å². The van der Waals surface area contributed by atoms with E-state index in [0.717, 1.165) is 17.8 Å². The molecule has 0 saturated heterocycles. The summed E-state index contributed by atoms with van der Waals surface area (Å²) < 4.78 is 18.1. The van der Waals surface area contributed by atoms with Gasteiger partial charge in [-0.2, -0.15) is 0 Å². The topological polar surface area (TPSA) is 25.4 Å². The smallest absolute Gasteiger partial charge is 0.213 e. The lowest BCUT2D eigenvalue weighted by atomic mass is 10.1. The predicted molar refractivity (Wildman–Crippen MR) is 76.8 cm³/mol. The third-order valence-electron chi connectivity index (χ3n) is 3.96. The van der Waals surface area contributed by atoms with Gasteiger partial charge in [-0.1, -0.05) is 13.5 Å². The second-order valence-electron chi connectivity index (χ2n) is 5.40. The van der Waals surface area contributed by atoms with Crippen LogP contribution in [0.5, 0.6) is 5.88 Å². The van der Waals surface area contributed by atoms with Crippen LogP contribution in [0.15, 0.2) is 30.7 Å². The van der Waals surface area contributed by atoms with Crippen LogP contribution in [0.3, 0.4) is 0 Å². The minimum absolute atomic E-state index is 0.256. The van der Waals surface area contributed by atoms with E-state index < -0.39 is 0 Å². The van der Waals surface area contributed by atoms with Gasteiger partial charge in [-0.3, -0.25) is 0 Å². The average molecular weight is 274 g/mol. The number of fused-ring (bicyclic) bond motifs is 1. The fourth-order valence-electron chi connectivity index (χ4n) is 2.49. The maximum atomic E-state index is 12.5. The molecule has 3 nitrogen and oxygen atoms in total. The molecule has 0 aromatic carbocycles. The highest BCUT2D eigenvalue weighted by atomic mass is 19.1. The minimum Gasteiger partial charge on any atom is -0.473 e. The number of pyridine rings is 1. The van der Waals surface area contributed by atoms with E-state index in [9.17, 15) is 4.39 Å². The first kappa shape index (κ1) is 13.2. The third-order valence-corrected chi connectivity index (χ3v) is 3.96. The van der Waals surface area contributed by atoms with Crippen molar-refractivity contribution in [2.24, 2.45) is 0 Å². The lowest BCUT2D eigenvalue weighted by Crippen LogP contribution is -2.16. The van der Waals surface area contributed by atoms with Gasteiger partial charge in [0.25, 0.3) is 0 Å². The molecule has 0 N–H and O–H groups in total. The Hall–Kier alpha value is -1.84. The molecule has 0 radical (unpaired) electrons. The number of hydrogen-bond donors (Lipinski definition) is 0. The van der Waals surface area contributed by atoms with Gasteiger partial charge in [0.15, 0.2) is 0 Å². The van der Waals surface area contributed by atoms with Crippen molar-refractivity contribution in [3.8, 4) is 5.88 Å². The maximum absolute atomic E-state index is 12.5. The van der Waals surface area contributed by atoms with Crippen LogP contribution in [0.4, 0.5) is 4.39 Å². The van der Waals surface area contributed by atoms with Crippen molar-refractivity contribution in [1.29, 1.82) is 0 Å². The third kappa shape index (κ3) is 2.42. The molecular weight excluding hydrogens is 255 g/mol. The summed E-state index contributed by atoms with van der Waals surface area (Å²) in [6, 6.07) is 2.61. The van der Waals surface area contributed by atoms with Gasteiger partial charge in [-0.15, -0.1) is 0 Å². The highest BCUT2D eigenvalue weighted by Crippen LogP contribution is 2.40. The summed E-state index contributed by atoms with van der Waals surface area (Å²) >= 11 is 0. The lowest BCUT2D eigenvalue weighted by molar-refractivity contribution is 0.331. The molecule has 0 amide bonds. The fraction of sp³-hybridized carbons (Fsp3) is 0.438. The van der Waals surface area contributed by atoms with E-state index in [4.69, 9.17) is 4.74 Å². The first-order valence-corrected chi connectivity index (χ1v) is 7.08. The quantitative estimate of drug-likeness (QED) is 0.819. The molecule has 0 bridgehead atoms. The second-order valence-corrected chi connectivity index (χ2v) is 5.40. The SMILES string of the molecule is C=C1c2cnc(OC/C(=C/F)CC)cc2CN1C1CC1. The summed E-state index contributed by atoms with van der Waals surface area (Å²) in [4.78, 5) is 6.64. The zero-order chi connectivity index (χ0) is 14.1. The number of halogens is 1. The van der Waals surface area contributed by atoms with E-state index in [1.165, 1.54) is 18.4 Å².